The fourth-order valence-corrected chi connectivity index (χ4v) is 1.82. The van der Waals surface area contributed by atoms with Crippen LogP contribution < -0.4 is 11.1 Å². The van der Waals surface area contributed by atoms with Crippen LogP contribution in [0, 0.1) is 0 Å². The van der Waals surface area contributed by atoms with Gasteiger partial charge in [-0.3, -0.25) is 0 Å². The minimum atomic E-state index is 0.568. The van der Waals surface area contributed by atoms with Gasteiger partial charge < -0.3 is 20.5 Å². The van der Waals surface area contributed by atoms with Crippen molar-refractivity contribution in [3.05, 3.63) is 12.1 Å². The van der Waals surface area contributed by atoms with Crippen molar-refractivity contribution in [1.29, 1.82) is 0 Å². The Hall–Kier alpha value is -1.86. The van der Waals surface area contributed by atoms with Gasteiger partial charge in [0.2, 0.25) is 0 Å². The van der Waals surface area contributed by atoms with Crippen molar-refractivity contribution in [2.75, 3.05) is 44.5 Å². The molecule has 2 rings (SSSR count). The van der Waals surface area contributed by atoms with Gasteiger partial charge in [0.25, 0.3) is 0 Å². The largest absolute Gasteiger partial charge is 0.397 e. The van der Waals surface area contributed by atoms with Gasteiger partial charge in [0.15, 0.2) is 11.0 Å². The van der Waals surface area contributed by atoms with Crippen molar-refractivity contribution in [1.82, 2.24) is 10.3 Å². The van der Waals surface area contributed by atoms with Crippen molar-refractivity contribution in [3.63, 3.8) is 0 Å². The van der Waals surface area contributed by atoms with Crippen LogP contribution in [0.4, 0.5) is 11.4 Å². The zero-order chi connectivity index (χ0) is 14.2. The molecule has 0 fully saturated rings. The monoisotopic (exact) mass is 280 g/mol. The molecule has 0 aliphatic rings. The summed E-state index contributed by atoms with van der Waals surface area (Å²) in [7, 11) is 1.67. The first-order valence-corrected chi connectivity index (χ1v) is 6.64. The fraction of sp³-hybridized carbons (Fsp3) is 0.538. The van der Waals surface area contributed by atoms with Crippen LogP contribution in [-0.2, 0) is 9.47 Å². The molecule has 110 valence electrons. The topological polar surface area (TPSA) is 95.4 Å². The number of hydrogen-bond acceptors (Lipinski definition) is 7. The van der Waals surface area contributed by atoms with E-state index in [0.717, 1.165) is 31.7 Å². The molecular formula is C13H20N4O3. The summed E-state index contributed by atoms with van der Waals surface area (Å²) in [6, 6.07) is 3.68. The molecule has 7 nitrogen and oxygen atoms in total. The van der Waals surface area contributed by atoms with Crippen molar-refractivity contribution < 1.29 is 14.1 Å². The fourth-order valence-electron chi connectivity index (χ4n) is 1.82. The molecule has 0 aliphatic carbocycles. The Balaban J connectivity index is 1.71. The smallest absolute Gasteiger partial charge is 0.160 e. The SMILES string of the molecule is COCCOCCCCNc1ccc(N)c2nonc12. The molecule has 1 aromatic heterocycles. The van der Waals surface area contributed by atoms with E-state index in [1.165, 1.54) is 0 Å². The lowest BCUT2D eigenvalue weighted by molar-refractivity contribution is 0.0691. The van der Waals surface area contributed by atoms with E-state index in [1.807, 2.05) is 6.07 Å². The lowest BCUT2D eigenvalue weighted by atomic mass is 10.2. The zero-order valence-corrected chi connectivity index (χ0v) is 11.6. The van der Waals surface area contributed by atoms with E-state index in [1.54, 1.807) is 13.2 Å². The minimum Gasteiger partial charge on any atom is -0.397 e. The summed E-state index contributed by atoms with van der Waals surface area (Å²) >= 11 is 0. The average Bonchev–Trinajstić information content (AvgIpc) is 2.94. The van der Waals surface area contributed by atoms with E-state index < -0.39 is 0 Å². The third-order valence-corrected chi connectivity index (χ3v) is 2.91. The maximum atomic E-state index is 5.79. The second-order valence-corrected chi connectivity index (χ2v) is 4.40. The highest BCUT2D eigenvalue weighted by atomic mass is 16.6. The van der Waals surface area contributed by atoms with Crippen LogP contribution in [-0.4, -0.2) is 43.8 Å². The standard InChI is InChI=1S/C13H20N4O3/c1-18-8-9-19-7-3-2-6-15-11-5-4-10(14)12-13(11)17-20-16-12/h4-5,15H,2-3,6-9,14H2,1H3. The second kappa shape index (κ2) is 7.66. The molecule has 20 heavy (non-hydrogen) atoms. The molecule has 0 saturated carbocycles. The number of hydrogen-bond donors (Lipinski definition) is 2. The summed E-state index contributed by atoms with van der Waals surface area (Å²) < 4.78 is 15.0. The van der Waals surface area contributed by atoms with E-state index in [-0.39, 0.29) is 0 Å². The molecule has 0 radical (unpaired) electrons. The number of nitrogen functional groups attached to an aromatic ring is 1. The number of rotatable bonds is 9. The molecule has 0 unspecified atom stereocenters. The summed E-state index contributed by atoms with van der Waals surface area (Å²) in [5.74, 6) is 0. The zero-order valence-electron chi connectivity index (χ0n) is 11.6. The molecule has 0 saturated heterocycles. The molecule has 0 amide bonds. The van der Waals surface area contributed by atoms with Gasteiger partial charge in [-0.1, -0.05) is 0 Å². The number of nitrogens with one attached hydrogen (secondary N) is 1. The highest BCUT2D eigenvalue weighted by Gasteiger charge is 2.09. The number of methoxy groups -OCH3 is 1. The number of nitrogens with zero attached hydrogens (tertiary/aromatic N) is 2. The number of unbranched alkanes of at least 4 members (excludes halogenated alkanes) is 1. The Labute approximate surface area is 117 Å². The highest BCUT2D eigenvalue weighted by molar-refractivity contribution is 5.94. The van der Waals surface area contributed by atoms with E-state index in [4.69, 9.17) is 19.8 Å². The van der Waals surface area contributed by atoms with Crippen LogP contribution in [0.1, 0.15) is 12.8 Å². The van der Waals surface area contributed by atoms with Gasteiger partial charge in [-0.2, -0.15) is 0 Å². The van der Waals surface area contributed by atoms with Crippen molar-refractivity contribution in [2.24, 2.45) is 0 Å². The number of fused-ring (bicyclic) bond motifs is 1. The Bertz CT molecular complexity index is 529. The lowest BCUT2D eigenvalue weighted by Crippen LogP contribution is -2.06. The van der Waals surface area contributed by atoms with Gasteiger partial charge in [-0.05, 0) is 35.3 Å². The van der Waals surface area contributed by atoms with Crippen LogP contribution in [0.2, 0.25) is 0 Å². The first-order chi connectivity index (χ1) is 9.83. The predicted octanol–water partition coefficient (Wildman–Crippen LogP) is 1.66. The van der Waals surface area contributed by atoms with Crippen LogP contribution in [0.15, 0.2) is 16.8 Å². The van der Waals surface area contributed by atoms with E-state index >= 15 is 0 Å². The maximum Gasteiger partial charge on any atom is 0.160 e. The van der Waals surface area contributed by atoms with Crippen LogP contribution in [0.25, 0.3) is 11.0 Å². The molecule has 1 aromatic carbocycles. The van der Waals surface area contributed by atoms with Gasteiger partial charge >= 0.3 is 0 Å². The molecular weight excluding hydrogens is 260 g/mol. The van der Waals surface area contributed by atoms with E-state index in [0.29, 0.717) is 29.9 Å². The van der Waals surface area contributed by atoms with Crippen molar-refractivity contribution in [2.45, 2.75) is 12.8 Å². The van der Waals surface area contributed by atoms with Gasteiger partial charge in [-0.25, -0.2) is 4.63 Å². The third-order valence-electron chi connectivity index (χ3n) is 2.91. The maximum absolute atomic E-state index is 5.79. The first kappa shape index (κ1) is 14.5. The van der Waals surface area contributed by atoms with Gasteiger partial charge in [0, 0.05) is 20.3 Å². The van der Waals surface area contributed by atoms with Crippen LogP contribution >= 0.6 is 0 Å². The molecule has 0 atom stereocenters. The van der Waals surface area contributed by atoms with Crippen LogP contribution in [0.5, 0.6) is 0 Å². The van der Waals surface area contributed by atoms with E-state index in [9.17, 15) is 0 Å². The molecule has 0 spiro atoms. The second-order valence-electron chi connectivity index (χ2n) is 4.40. The summed E-state index contributed by atoms with van der Waals surface area (Å²) in [4.78, 5) is 0. The Morgan fingerprint density at radius 3 is 2.85 bits per heavy atom. The summed E-state index contributed by atoms with van der Waals surface area (Å²) in [6.45, 7) is 2.86. The molecule has 0 bridgehead atoms. The molecule has 0 aliphatic heterocycles. The third kappa shape index (κ3) is 3.82. The van der Waals surface area contributed by atoms with Gasteiger partial charge in [0.1, 0.15) is 0 Å². The number of aromatic nitrogens is 2. The highest BCUT2D eigenvalue weighted by Crippen LogP contribution is 2.24. The summed E-state index contributed by atoms with van der Waals surface area (Å²) in [5.41, 5.74) is 8.50. The molecule has 2 aromatic rings. The quantitative estimate of drug-likeness (QED) is 0.532. The summed E-state index contributed by atoms with van der Waals surface area (Å²) in [5, 5.41) is 10.9. The number of benzene rings is 1. The molecule has 1 heterocycles. The normalized spacial score (nSPS) is 11.1. The first-order valence-electron chi connectivity index (χ1n) is 6.64. The predicted molar refractivity (Wildman–Crippen MR) is 76.6 cm³/mol. The Morgan fingerprint density at radius 1 is 1.15 bits per heavy atom. The minimum absolute atomic E-state index is 0.568. The summed E-state index contributed by atoms with van der Waals surface area (Å²) in [6.07, 6.45) is 2.00. The van der Waals surface area contributed by atoms with Crippen molar-refractivity contribution in [3.8, 4) is 0 Å². The number of anilines is 2. The average molecular weight is 280 g/mol. The Kier molecular flexibility index (Phi) is 5.57. The number of nitrogens with two attached hydrogens (primary N) is 1. The van der Waals surface area contributed by atoms with Gasteiger partial charge in [-0.15, -0.1) is 0 Å². The van der Waals surface area contributed by atoms with Crippen molar-refractivity contribution >= 4 is 22.4 Å². The lowest BCUT2D eigenvalue weighted by Gasteiger charge is -2.07. The molecule has 7 heteroatoms. The van der Waals surface area contributed by atoms with Crippen LogP contribution in [0.3, 0.4) is 0 Å². The Morgan fingerprint density at radius 2 is 2.00 bits per heavy atom. The molecule has 3 N–H and O–H groups in total. The van der Waals surface area contributed by atoms with Gasteiger partial charge in [0.05, 0.1) is 24.6 Å². The van der Waals surface area contributed by atoms with E-state index in [2.05, 4.69) is 15.6 Å². The number of ether oxygens (including phenoxy) is 2.